The number of non-ortho nitro benzene ring substituents is 1. The van der Waals surface area contributed by atoms with E-state index in [4.69, 9.17) is 9.83 Å². The minimum atomic E-state index is -0.406. The fourth-order valence-corrected chi connectivity index (χ4v) is 3.11. The highest BCUT2D eigenvalue weighted by atomic mass is 16.7. The molecule has 0 bridgehead atoms. The van der Waals surface area contributed by atoms with Crippen LogP contribution in [0.3, 0.4) is 0 Å². The normalized spacial score (nSPS) is 12.9. The van der Waals surface area contributed by atoms with E-state index in [0.717, 1.165) is 11.3 Å². The van der Waals surface area contributed by atoms with Crippen molar-refractivity contribution in [2.75, 3.05) is 14.1 Å². The van der Waals surface area contributed by atoms with Gasteiger partial charge in [0.2, 0.25) is 0 Å². The zero-order chi connectivity index (χ0) is 19.7. The van der Waals surface area contributed by atoms with Crippen LogP contribution in [0.2, 0.25) is 0 Å². The molecule has 0 atom stereocenters. The van der Waals surface area contributed by atoms with Crippen LogP contribution in [0.5, 0.6) is 0 Å². The van der Waals surface area contributed by atoms with E-state index >= 15 is 0 Å². The highest BCUT2D eigenvalue weighted by Crippen LogP contribution is 2.29. The second-order valence-corrected chi connectivity index (χ2v) is 6.44. The summed E-state index contributed by atoms with van der Waals surface area (Å²) in [5.41, 5.74) is 2.97. The number of hydrogen-bond donors (Lipinski definition) is 0. The molecule has 0 saturated carbocycles. The number of nitro groups is 1. The average molecular weight is 378 g/mol. The molecule has 1 aliphatic heterocycles. The second kappa shape index (κ2) is 7.29. The maximum atomic E-state index is 11.4. The summed E-state index contributed by atoms with van der Waals surface area (Å²) in [5, 5.41) is 21.4. The molecule has 4 rings (SSSR count). The lowest BCUT2D eigenvalue weighted by Crippen LogP contribution is -2.16. The molecule has 2 aromatic carbocycles. The van der Waals surface area contributed by atoms with Crippen LogP contribution >= 0.6 is 0 Å². The van der Waals surface area contributed by atoms with Gasteiger partial charge in [-0.2, -0.15) is 5.06 Å². The van der Waals surface area contributed by atoms with Crippen molar-refractivity contribution in [1.29, 1.82) is 0 Å². The molecule has 9 heteroatoms. The molecule has 2 heterocycles. The first-order valence-electron chi connectivity index (χ1n) is 8.67. The maximum absolute atomic E-state index is 11.4. The van der Waals surface area contributed by atoms with Crippen molar-refractivity contribution < 1.29 is 9.76 Å². The molecule has 0 saturated heterocycles. The molecule has 1 aromatic heterocycles. The van der Waals surface area contributed by atoms with Gasteiger partial charge in [0.05, 0.1) is 16.3 Å². The molecule has 0 amide bonds. The molecule has 0 N–H and O–H groups in total. The Bertz CT molecular complexity index is 1060. The van der Waals surface area contributed by atoms with E-state index in [-0.39, 0.29) is 12.3 Å². The predicted octanol–water partition coefficient (Wildman–Crippen LogP) is 2.52. The smallest absolute Gasteiger partial charge is 0.270 e. The largest absolute Gasteiger partial charge is 0.291 e. The van der Waals surface area contributed by atoms with Crippen LogP contribution in [-0.2, 0) is 18.0 Å². The lowest BCUT2D eigenvalue weighted by atomic mass is 10.00. The number of hydrogen-bond acceptors (Lipinski definition) is 7. The van der Waals surface area contributed by atoms with Gasteiger partial charge >= 0.3 is 0 Å². The molecule has 142 valence electrons. The first-order valence-corrected chi connectivity index (χ1v) is 8.67. The number of fused-ring (bicyclic) bond motifs is 3. The lowest BCUT2D eigenvalue weighted by Gasteiger charge is -2.14. The summed E-state index contributed by atoms with van der Waals surface area (Å²) in [7, 11) is 3.57. The Morgan fingerprint density at radius 2 is 1.96 bits per heavy atom. The first-order chi connectivity index (χ1) is 13.5. The van der Waals surface area contributed by atoms with Crippen LogP contribution in [0.15, 0.2) is 53.5 Å². The van der Waals surface area contributed by atoms with Crippen molar-refractivity contribution in [2.24, 2.45) is 4.99 Å². The van der Waals surface area contributed by atoms with Gasteiger partial charge in [0.25, 0.3) is 5.69 Å². The summed E-state index contributed by atoms with van der Waals surface area (Å²) < 4.78 is 1.86. The molecule has 0 radical (unpaired) electrons. The summed E-state index contributed by atoms with van der Waals surface area (Å²) in [6.07, 6.45) is 0. The fraction of sp³-hybridized carbons (Fsp3) is 0.211. The van der Waals surface area contributed by atoms with E-state index in [1.807, 2.05) is 34.9 Å². The quantitative estimate of drug-likeness (QED) is 0.500. The van der Waals surface area contributed by atoms with Crippen LogP contribution in [0.1, 0.15) is 22.8 Å². The van der Waals surface area contributed by atoms with Gasteiger partial charge in [-0.1, -0.05) is 30.3 Å². The Hall–Kier alpha value is -3.43. The molecular formula is C19H18N6O3. The summed E-state index contributed by atoms with van der Waals surface area (Å²) in [5.74, 6) is 1.25. The van der Waals surface area contributed by atoms with Gasteiger partial charge in [0.1, 0.15) is 13.2 Å². The van der Waals surface area contributed by atoms with Crippen molar-refractivity contribution in [3.8, 4) is 5.69 Å². The summed E-state index contributed by atoms with van der Waals surface area (Å²) in [6.45, 7) is 0.527. The van der Waals surface area contributed by atoms with Gasteiger partial charge in [0.15, 0.2) is 11.6 Å². The summed E-state index contributed by atoms with van der Waals surface area (Å²) in [4.78, 5) is 21.2. The Morgan fingerprint density at radius 1 is 1.18 bits per heavy atom. The van der Waals surface area contributed by atoms with E-state index in [0.29, 0.717) is 29.5 Å². The minimum absolute atomic E-state index is 0.00463. The van der Waals surface area contributed by atoms with Crippen LogP contribution < -0.4 is 0 Å². The lowest BCUT2D eigenvalue weighted by molar-refractivity contribution is -0.384. The molecule has 28 heavy (non-hydrogen) atoms. The van der Waals surface area contributed by atoms with Crippen LogP contribution in [-0.4, -0.2) is 44.6 Å². The van der Waals surface area contributed by atoms with Gasteiger partial charge in [0, 0.05) is 37.4 Å². The Labute approximate surface area is 161 Å². The number of aliphatic imine (C=N–C) groups is 1. The highest BCUT2D eigenvalue weighted by Gasteiger charge is 2.25. The van der Waals surface area contributed by atoms with Crippen molar-refractivity contribution in [2.45, 2.75) is 13.2 Å². The second-order valence-electron chi connectivity index (χ2n) is 6.44. The maximum Gasteiger partial charge on any atom is 0.270 e. The number of rotatable bonds is 5. The zero-order valence-electron chi connectivity index (χ0n) is 15.4. The number of aromatic nitrogens is 3. The molecule has 9 nitrogen and oxygen atoms in total. The van der Waals surface area contributed by atoms with E-state index in [2.05, 4.69) is 10.2 Å². The Morgan fingerprint density at radius 3 is 2.68 bits per heavy atom. The van der Waals surface area contributed by atoms with Crippen molar-refractivity contribution in [3.63, 3.8) is 0 Å². The number of hydroxylamine groups is 2. The van der Waals surface area contributed by atoms with Gasteiger partial charge in [-0.3, -0.25) is 24.5 Å². The molecule has 0 aliphatic carbocycles. The van der Waals surface area contributed by atoms with E-state index in [1.54, 1.807) is 31.3 Å². The average Bonchev–Trinajstić information content (AvgIpc) is 3.02. The topological polar surface area (TPSA) is 98.7 Å². The monoisotopic (exact) mass is 378 g/mol. The summed E-state index contributed by atoms with van der Waals surface area (Å²) in [6, 6.07) is 14.4. The molecule has 0 fully saturated rings. The van der Waals surface area contributed by atoms with Gasteiger partial charge in [-0.05, 0) is 6.07 Å². The van der Waals surface area contributed by atoms with E-state index in [9.17, 15) is 10.1 Å². The SMILES string of the molecule is CN(C)OCc1nnc2n1-c1ccc([N+](=O)[O-])cc1C(c1ccccc1)=NC2. The predicted molar refractivity (Wildman–Crippen MR) is 102 cm³/mol. The van der Waals surface area contributed by atoms with Crippen molar-refractivity contribution in [1.82, 2.24) is 19.8 Å². The molecule has 1 aliphatic rings. The number of nitrogens with zero attached hydrogens (tertiary/aromatic N) is 6. The van der Waals surface area contributed by atoms with Crippen LogP contribution in [0.4, 0.5) is 5.69 Å². The first kappa shape index (κ1) is 18.0. The molecule has 0 spiro atoms. The molecule has 3 aromatic rings. The Balaban J connectivity index is 1.90. The third-order valence-electron chi connectivity index (χ3n) is 4.36. The van der Waals surface area contributed by atoms with Gasteiger partial charge < -0.3 is 0 Å². The Kier molecular flexibility index (Phi) is 4.68. The third kappa shape index (κ3) is 3.28. The zero-order valence-corrected chi connectivity index (χ0v) is 15.4. The van der Waals surface area contributed by atoms with Crippen LogP contribution in [0.25, 0.3) is 5.69 Å². The van der Waals surface area contributed by atoms with E-state index < -0.39 is 4.92 Å². The van der Waals surface area contributed by atoms with Crippen molar-refractivity contribution in [3.05, 3.63) is 81.4 Å². The standard InChI is InChI=1S/C19H18N6O3/c1-23(2)28-12-18-22-21-17-11-20-19(13-6-4-3-5-7-13)15-10-14(25(26)27)8-9-16(15)24(17)18/h3-10H,11-12H2,1-2H3. The third-order valence-corrected chi connectivity index (χ3v) is 4.36. The number of nitro benzene ring substituents is 1. The highest BCUT2D eigenvalue weighted by molar-refractivity contribution is 6.15. The fourth-order valence-electron chi connectivity index (χ4n) is 3.11. The summed E-state index contributed by atoms with van der Waals surface area (Å²) >= 11 is 0. The van der Waals surface area contributed by atoms with Gasteiger partial charge in [-0.25, -0.2) is 0 Å². The number of benzene rings is 2. The van der Waals surface area contributed by atoms with E-state index in [1.165, 1.54) is 6.07 Å². The van der Waals surface area contributed by atoms with Crippen LogP contribution in [0, 0.1) is 10.1 Å². The van der Waals surface area contributed by atoms with Crippen molar-refractivity contribution >= 4 is 11.4 Å². The minimum Gasteiger partial charge on any atom is -0.291 e. The molecule has 0 unspecified atom stereocenters. The molecular weight excluding hydrogens is 360 g/mol. The van der Waals surface area contributed by atoms with Gasteiger partial charge in [-0.15, -0.1) is 10.2 Å².